The summed E-state index contributed by atoms with van der Waals surface area (Å²) in [7, 11) is 0. The van der Waals surface area contributed by atoms with Crippen LogP contribution in [0.4, 0.5) is 5.69 Å². The molecule has 1 aromatic heterocycles. The van der Waals surface area contributed by atoms with Gasteiger partial charge in [-0.25, -0.2) is 9.78 Å². The topological polar surface area (TPSA) is 117 Å². The smallest absolute Gasteiger partial charge is 0.329 e. The number of aliphatic imine (C=N–C) groups is 1. The number of aromatic amines is 1. The van der Waals surface area contributed by atoms with Crippen LogP contribution in [0, 0.1) is 0 Å². The molecule has 0 saturated carbocycles. The van der Waals surface area contributed by atoms with Crippen LogP contribution in [-0.4, -0.2) is 45.1 Å². The van der Waals surface area contributed by atoms with Crippen molar-refractivity contribution in [1.82, 2.24) is 15.3 Å². The largest absolute Gasteiger partial charge is 0.458 e. The molecular weight excluding hydrogens is 458 g/mol. The number of imide groups is 1. The predicted octanol–water partition coefficient (Wildman–Crippen LogP) is 3.02. The average Bonchev–Trinajstić information content (AvgIpc) is 3.47. The van der Waals surface area contributed by atoms with Crippen molar-refractivity contribution in [3.05, 3.63) is 77.4 Å². The molecule has 0 saturated heterocycles. The first-order valence-corrected chi connectivity index (χ1v) is 11.6. The summed E-state index contributed by atoms with van der Waals surface area (Å²) >= 11 is 0. The third-order valence-electron chi connectivity index (χ3n) is 6.38. The minimum absolute atomic E-state index is 0.177. The van der Waals surface area contributed by atoms with Gasteiger partial charge in [-0.2, -0.15) is 0 Å². The molecule has 9 heteroatoms. The highest BCUT2D eigenvalue weighted by Gasteiger charge is 2.42. The Labute approximate surface area is 206 Å². The van der Waals surface area contributed by atoms with Gasteiger partial charge in [0.25, 0.3) is 11.8 Å². The van der Waals surface area contributed by atoms with E-state index in [1.165, 1.54) is 0 Å². The standard InChI is InChI=1S/C27H23N5O4/c1-27(2,3)36-26(35)18-12-14-6-4-8-16-22(28-10-11-32(18)23(14)16)20-19(24(33)31-25(20)34)15-7-5-9-17-21(15)30-13-29-17/h4-11,13,18H,12H2,1-3H3,(H,29,30)(H,31,33,34). The van der Waals surface area contributed by atoms with Crippen LogP contribution in [0.1, 0.15) is 37.5 Å². The highest BCUT2D eigenvalue weighted by Crippen LogP contribution is 2.41. The van der Waals surface area contributed by atoms with Crippen molar-refractivity contribution in [3.63, 3.8) is 0 Å². The van der Waals surface area contributed by atoms with Crippen LogP contribution in [0.15, 0.2) is 65.7 Å². The number of imidazole rings is 1. The molecule has 1 atom stereocenters. The van der Waals surface area contributed by atoms with Crippen molar-refractivity contribution in [2.24, 2.45) is 4.99 Å². The number of amides is 2. The Kier molecular flexibility index (Phi) is 4.72. The van der Waals surface area contributed by atoms with Gasteiger partial charge in [0.2, 0.25) is 0 Å². The first-order valence-electron chi connectivity index (χ1n) is 11.6. The van der Waals surface area contributed by atoms with Crippen LogP contribution in [0.25, 0.3) is 16.6 Å². The number of fused-ring (bicyclic) bond motifs is 1. The number of benzene rings is 2. The summed E-state index contributed by atoms with van der Waals surface area (Å²) in [5.74, 6) is -1.36. The van der Waals surface area contributed by atoms with Gasteiger partial charge < -0.3 is 14.6 Å². The Balaban J connectivity index is 1.51. The van der Waals surface area contributed by atoms with E-state index in [1.807, 2.05) is 49.9 Å². The molecule has 2 aromatic carbocycles. The van der Waals surface area contributed by atoms with Gasteiger partial charge in [0.15, 0.2) is 0 Å². The van der Waals surface area contributed by atoms with E-state index in [0.717, 1.165) is 16.8 Å². The lowest BCUT2D eigenvalue weighted by Crippen LogP contribution is -2.40. The first kappa shape index (κ1) is 22.0. The number of para-hydroxylation sites is 2. The highest BCUT2D eigenvalue weighted by atomic mass is 16.6. The van der Waals surface area contributed by atoms with Crippen LogP contribution in [0.2, 0.25) is 0 Å². The number of hydrogen-bond donors (Lipinski definition) is 2. The van der Waals surface area contributed by atoms with Gasteiger partial charge in [-0.1, -0.05) is 30.3 Å². The second-order valence-electron chi connectivity index (χ2n) is 9.89. The summed E-state index contributed by atoms with van der Waals surface area (Å²) in [6, 6.07) is 10.5. The fourth-order valence-corrected chi connectivity index (χ4v) is 5.01. The third-order valence-corrected chi connectivity index (χ3v) is 6.38. The average molecular weight is 482 g/mol. The highest BCUT2D eigenvalue weighted by molar-refractivity contribution is 6.48. The lowest BCUT2D eigenvalue weighted by atomic mass is 9.92. The molecule has 2 N–H and O–H groups in total. The number of hydrogen-bond acceptors (Lipinski definition) is 7. The first-order chi connectivity index (χ1) is 17.2. The van der Waals surface area contributed by atoms with Crippen LogP contribution in [0.5, 0.6) is 0 Å². The number of rotatable bonds is 3. The van der Waals surface area contributed by atoms with Gasteiger partial charge in [-0.15, -0.1) is 0 Å². The monoisotopic (exact) mass is 481 g/mol. The maximum Gasteiger partial charge on any atom is 0.329 e. The van der Waals surface area contributed by atoms with Crippen LogP contribution >= 0.6 is 0 Å². The van der Waals surface area contributed by atoms with E-state index in [4.69, 9.17) is 4.74 Å². The minimum atomic E-state index is -0.624. The molecular formula is C27H23N5O4. The summed E-state index contributed by atoms with van der Waals surface area (Å²) in [6.45, 7) is 5.50. The Bertz CT molecular complexity index is 1570. The van der Waals surface area contributed by atoms with E-state index in [1.54, 1.807) is 30.9 Å². The maximum absolute atomic E-state index is 13.2. The lowest BCUT2D eigenvalue weighted by Gasteiger charge is -2.27. The Morgan fingerprint density at radius 2 is 1.81 bits per heavy atom. The lowest BCUT2D eigenvalue weighted by molar-refractivity contribution is -0.156. The molecule has 0 bridgehead atoms. The third kappa shape index (κ3) is 3.35. The number of carbonyl (C=O) groups is 3. The zero-order chi connectivity index (χ0) is 25.2. The van der Waals surface area contributed by atoms with E-state index < -0.39 is 23.5 Å². The molecule has 36 heavy (non-hydrogen) atoms. The van der Waals surface area contributed by atoms with E-state index >= 15 is 0 Å². The molecule has 2 amide bonds. The number of aromatic nitrogens is 2. The zero-order valence-electron chi connectivity index (χ0n) is 20.0. The van der Waals surface area contributed by atoms with Gasteiger partial charge in [0, 0.05) is 29.9 Å². The van der Waals surface area contributed by atoms with Gasteiger partial charge in [0.1, 0.15) is 11.6 Å². The van der Waals surface area contributed by atoms with Crippen LogP contribution in [0.3, 0.4) is 0 Å². The van der Waals surface area contributed by atoms with Gasteiger partial charge in [-0.05, 0) is 32.4 Å². The Hall–Kier alpha value is -4.53. The Morgan fingerprint density at radius 1 is 1.06 bits per heavy atom. The van der Waals surface area contributed by atoms with E-state index in [9.17, 15) is 14.4 Å². The summed E-state index contributed by atoms with van der Waals surface area (Å²) in [5.41, 5.74) is 4.39. The summed E-state index contributed by atoms with van der Waals surface area (Å²) in [5, 5.41) is 2.43. The van der Waals surface area contributed by atoms with Gasteiger partial charge >= 0.3 is 5.97 Å². The minimum Gasteiger partial charge on any atom is -0.458 e. The number of nitrogens with zero attached hydrogens (tertiary/aromatic N) is 3. The molecule has 0 aliphatic carbocycles. The number of esters is 1. The van der Waals surface area contributed by atoms with Crippen molar-refractivity contribution < 1.29 is 19.1 Å². The molecule has 3 aromatic rings. The summed E-state index contributed by atoms with van der Waals surface area (Å²) in [6.07, 6.45) is 5.28. The van der Waals surface area contributed by atoms with Gasteiger partial charge in [-0.3, -0.25) is 19.9 Å². The molecule has 0 spiro atoms. The molecule has 0 fully saturated rings. The number of carbonyl (C=O) groups excluding carboxylic acids is 3. The quantitative estimate of drug-likeness (QED) is 0.439. The molecule has 6 rings (SSSR count). The van der Waals surface area contributed by atoms with Crippen molar-refractivity contribution in [1.29, 1.82) is 0 Å². The number of anilines is 1. The molecule has 3 aliphatic heterocycles. The summed E-state index contributed by atoms with van der Waals surface area (Å²) in [4.78, 5) is 53.1. The SMILES string of the molecule is CC(C)(C)OC(=O)C1Cc2cccc3c2N1C=CN=C3C1=C(c2cccc3[nH]cnc23)C(=O)NC1=O. The van der Waals surface area contributed by atoms with Gasteiger partial charge in [0.05, 0.1) is 39.9 Å². The number of nitrogens with one attached hydrogen (secondary N) is 2. The number of ether oxygens (including phenoxy) is 1. The summed E-state index contributed by atoms with van der Waals surface area (Å²) < 4.78 is 5.68. The second kappa shape index (κ2) is 7.74. The molecule has 1 unspecified atom stereocenters. The van der Waals surface area contributed by atoms with E-state index in [0.29, 0.717) is 28.8 Å². The van der Waals surface area contributed by atoms with Crippen molar-refractivity contribution >= 4 is 45.8 Å². The van der Waals surface area contributed by atoms with Crippen LogP contribution in [-0.2, 0) is 25.5 Å². The zero-order valence-corrected chi connectivity index (χ0v) is 20.0. The normalized spacial score (nSPS) is 18.9. The second-order valence-corrected chi connectivity index (χ2v) is 9.89. The van der Waals surface area contributed by atoms with Crippen molar-refractivity contribution in [3.8, 4) is 0 Å². The maximum atomic E-state index is 13.2. The fraction of sp³-hybridized carbons (Fsp3) is 0.222. The molecule has 9 nitrogen and oxygen atoms in total. The van der Waals surface area contributed by atoms with E-state index in [-0.39, 0.29) is 17.1 Å². The molecule has 3 aliphatic rings. The molecule has 4 heterocycles. The predicted molar refractivity (Wildman–Crippen MR) is 134 cm³/mol. The molecule has 180 valence electrons. The van der Waals surface area contributed by atoms with E-state index in [2.05, 4.69) is 20.3 Å². The molecule has 0 radical (unpaired) electrons. The van der Waals surface area contributed by atoms with Crippen LogP contribution < -0.4 is 10.2 Å². The fourth-order valence-electron chi connectivity index (χ4n) is 5.01. The number of H-pyrrole nitrogens is 1. The van der Waals surface area contributed by atoms with Crippen molar-refractivity contribution in [2.45, 2.75) is 38.8 Å². The Morgan fingerprint density at radius 3 is 2.61 bits per heavy atom. The van der Waals surface area contributed by atoms with Crippen molar-refractivity contribution in [2.75, 3.05) is 4.90 Å².